The molecule has 1 atom stereocenters. The Kier molecular flexibility index (Phi) is 7.61. The Morgan fingerprint density at radius 1 is 1.25 bits per heavy atom. The molecule has 1 aliphatic carbocycles. The molecular formula is C14H27IN4O. The predicted molar refractivity (Wildman–Crippen MR) is 92.5 cm³/mol. The number of guanidine groups is 1. The van der Waals surface area contributed by atoms with Crippen LogP contribution in [-0.4, -0.2) is 50.0 Å². The van der Waals surface area contributed by atoms with E-state index in [1.807, 2.05) is 7.05 Å². The Hall–Kier alpha value is -0.530. The zero-order valence-electron chi connectivity index (χ0n) is 12.5. The molecule has 1 amide bonds. The van der Waals surface area contributed by atoms with Gasteiger partial charge in [-0.25, -0.2) is 0 Å². The summed E-state index contributed by atoms with van der Waals surface area (Å²) in [5.41, 5.74) is 0. The molecule has 0 bridgehead atoms. The Balaban J connectivity index is 0.00000200. The van der Waals surface area contributed by atoms with Crippen molar-refractivity contribution >= 4 is 35.8 Å². The van der Waals surface area contributed by atoms with Crippen LogP contribution < -0.4 is 10.6 Å². The van der Waals surface area contributed by atoms with E-state index in [-0.39, 0.29) is 29.9 Å². The molecule has 2 fully saturated rings. The van der Waals surface area contributed by atoms with Gasteiger partial charge in [0.15, 0.2) is 5.96 Å². The van der Waals surface area contributed by atoms with Crippen molar-refractivity contribution in [1.29, 1.82) is 0 Å². The summed E-state index contributed by atoms with van der Waals surface area (Å²) in [5, 5.41) is 6.30. The van der Waals surface area contributed by atoms with E-state index in [2.05, 4.69) is 27.4 Å². The lowest BCUT2D eigenvalue weighted by atomic mass is 10.0. The van der Waals surface area contributed by atoms with Crippen LogP contribution in [0.15, 0.2) is 4.99 Å². The number of piperidine rings is 1. The molecule has 0 aromatic heterocycles. The molecule has 1 aliphatic heterocycles. The second-order valence-corrected chi connectivity index (χ2v) is 5.73. The summed E-state index contributed by atoms with van der Waals surface area (Å²) in [7, 11) is 1.82. The molecule has 0 spiro atoms. The van der Waals surface area contributed by atoms with Crippen LogP contribution in [0.1, 0.15) is 32.6 Å². The molecular weight excluding hydrogens is 367 g/mol. The molecule has 2 N–H and O–H groups in total. The second kappa shape index (κ2) is 8.69. The first-order valence-electron chi connectivity index (χ1n) is 7.44. The zero-order valence-corrected chi connectivity index (χ0v) is 14.9. The van der Waals surface area contributed by atoms with Gasteiger partial charge in [-0.2, -0.15) is 0 Å². The van der Waals surface area contributed by atoms with Crippen molar-refractivity contribution in [3.8, 4) is 0 Å². The van der Waals surface area contributed by atoms with Gasteiger partial charge in [-0.3, -0.25) is 9.79 Å². The highest BCUT2D eigenvalue weighted by atomic mass is 127. The molecule has 0 aromatic carbocycles. The van der Waals surface area contributed by atoms with Crippen molar-refractivity contribution in [2.75, 3.05) is 33.2 Å². The van der Waals surface area contributed by atoms with Crippen LogP contribution in [0.5, 0.6) is 0 Å². The molecule has 1 heterocycles. The van der Waals surface area contributed by atoms with Gasteiger partial charge in [0.25, 0.3) is 0 Å². The molecule has 1 unspecified atom stereocenters. The molecule has 0 aromatic rings. The van der Waals surface area contributed by atoms with Crippen LogP contribution in [0.25, 0.3) is 0 Å². The summed E-state index contributed by atoms with van der Waals surface area (Å²) in [5.74, 6) is 2.21. The first kappa shape index (κ1) is 17.5. The fourth-order valence-corrected chi connectivity index (χ4v) is 2.56. The summed E-state index contributed by atoms with van der Waals surface area (Å²) in [4.78, 5) is 18.1. The van der Waals surface area contributed by atoms with Crippen LogP contribution in [0.4, 0.5) is 0 Å². The third-order valence-electron chi connectivity index (χ3n) is 3.82. The average Bonchev–Trinajstić information content (AvgIpc) is 3.23. The summed E-state index contributed by atoms with van der Waals surface area (Å²) in [6.45, 7) is 5.87. The largest absolute Gasteiger partial charge is 0.354 e. The summed E-state index contributed by atoms with van der Waals surface area (Å²) in [6.07, 6.45) is 4.67. The van der Waals surface area contributed by atoms with Gasteiger partial charge >= 0.3 is 0 Å². The number of carbonyl (C=O) groups excluding carboxylic acids is 1. The molecule has 1 saturated carbocycles. The monoisotopic (exact) mass is 394 g/mol. The van der Waals surface area contributed by atoms with E-state index in [0.717, 1.165) is 44.4 Å². The zero-order chi connectivity index (χ0) is 13.7. The maximum Gasteiger partial charge on any atom is 0.223 e. The second-order valence-electron chi connectivity index (χ2n) is 5.73. The van der Waals surface area contributed by atoms with Crippen LogP contribution in [-0.2, 0) is 4.79 Å². The third-order valence-corrected chi connectivity index (χ3v) is 3.82. The predicted octanol–water partition coefficient (Wildman–Crippen LogP) is 1.44. The Morgan fingerprint density at radius 2 is 1.95 bits per heavy atom. The van der Waals surface area contributed by atoms with Crippen molar-refractivity contribution in [2.45, 2.75) is 32.6 Å². The van der Waals surface area contributed by atoms with Crippen molar-refractivity contribution in [3.05, 3.63) is 0 Å². The number of carbonyl (C=O) groups is 1. The number of hydrogen-bond acceptors (Lipinski definition) is 2. The highest BCUT2D eigenvalue weighted by Gasteiger charge is 2.29. The number of halogens is 1. The lowest BCUT2D eigenvalue weighted by Gasteiger charge is -2.33. The molecule has 2 rings (SSSR count). The highest BCUT2D eigenvalue weighted by molar-refractivity contribution is 14.0. The van der Waals surface area contributed by atoms with Gasteiger partial charge in [-0.1, -0.05) is 6.92 Å². The standard InChI is InChI=1S/C14H26N4O.HI/c1-11-4-3-9-18(10-11)14(15-2)17-8-7-16-13(19)12-5-6-12;/h11-12H,3-10H2,1-2H3,(H,15,17)(H,16,19);1H. The first-order valence-corrected chi connectivity index (χ1v) is 7.44. The molecule has 0 radical (unpaired) electrons. The lowest BCUT2D eigenvalue weighted by Crippen LogP contribution is -2.47. The van der Waals surface area contributed by atoms with E-state index in [1.165, 1.54) is 12.8 Å². The fourth-order valence-electron chi connectivity index (χ4n) is 2.56. The quantitative estimate of drug-likeness (QED) is 0.328. The maximum atomic E-state index is 11.5. The smallest absolute Gasteiger partial charge is 0.223 e. The minimum Gasteiger partial charge on any atom is -0.354 e. The maximum absolute atomic E-state index is 11.5. The van der Waals surface area contributed by atoms with E-state index in [9.17, 15) is 4.79 Å². The van der Waals surface area contributed by atoms with Gasteiger partial charge in [0.05, 0.1) is 0 Å². The van der Waals surface area contributed by atoms with Gasteiger partial charge in [0, 0.05) is 39.1 Å². The summed E-state index contributed by atoms with van der Waals surface area (Å²) in [6, 6.07) is 0. The van der Waals surface area contributed by atoms with E-state index < -0.39 is 0 Å². The number of nitrogens with one attached hydrogen (secondary N) is 2. The Morgan fingerprint density at radius 3 is 2.55 bits per heavy atom. The topological polar surface area (TPSA) is 56.7 Å². The van der Waals surface area contributed by atoms with E-state index in [0.29, 0.717) is 12.5 Å². The third kappa shape index (κ3) is 5.46. The van der Waals surface area contributed by atoms with Crippen LogP contribution in [0.3, 0.4) is 0 Å². The SMILES string of the molecule is CN=C(NCCNC(=O)C1CC1)N1CCCC(C)C1.I. The van der Waals surface area contributed by atoms with E-state index in [4.69, 9.17) is 0 Å². The molecule has 6 heteroatoms. The minimum atomic E-state index is 0. The average molecular weight is 394 g/mol. The van der Waals surface area contributed by atoms with Gasteiger partial charge in [0.1, 0.15) is 0 Å². The lowest BCUT2D eigenvalue weighted by molar-refractivity contribution is -0.122. The summed E-state index contributed by atoms with van der Waals surface area (Å²) >= 11 is 0. The number of nitrogens with zero attached hydrogens (tertiary/aromatic N) is 2. The van der Waals surface area contributed by atoms with Gasteiger partial charge in [-0.05, 0) is 31.6 Å². The van der Waals surface area contributed by atoms with Crippen molar-refractivity contribution in [1.82, 2.24) is 15.5 Å². The van der Waals surface area contributed by atoms with Gasteiger partial charge in [-0.15, -0.1) is 24.0 Å². The molecule has 1 saturated heterocycles. The Labute approximate surface area is 139 Å². The van der Waals surface area contributed by atoms with Crippen LogP contribution >= 0.6 is 24.0 Å². The molecule has 2 aliphatic rings. The Bertz CT molecular complexity index is 344. The van der Waals surface area contributed by atoms with Gasteiger partial charge in [0.2, 0.25) is 5.91 Å². The van der Waals surface area contributed by atoms with Crippen LogP contribution in [0, 0.1) is 11.8 Å². The first-order chi connectivity index (χ1) is 9.20. The summed E-state index contributed by atoms with van der Waals surface area (Å²) < 4.78 is 0. The molecule has 20 heavy (non-hydrogen) atoms. The van der Waals surface area contributed by atoms with E-state index in [1.54, 1.807) is 0 Å². The van der Waals surface area contributed by atoms with Crippen molar-refractivity contribution in [3.63, 3.8) is 0 Å². The number of likely N-dealkylation sites (tertiary alicyclic amines) is 1. The fraction of sp³-hybridized carbons (Fsp3) is 0.857. The van der Waals surface area contributed by atoms with Crippen molar-refractivity contribution < 1.29 is 4.79 Å². The van der Waals surface area contributed by atoms with E-state index >= 15 is 0 Å². The highest BCUT2D eigenvalue weighted by Crippen LogP contribution is 2.28. The number of amides is 1. The molecule has 5 nitrogen and oxygen atoms in total. The van der Waals surface area contributed by atoms with Crippen LogP contribution in [0.2, 0.25) is 0 Å². The molecule has 116 valence electrons. The number of hydrogen-bond donors (Lipinski definition) is 2. The number of rotatable bonds is 4. The normalized spacial score (nSPS) is 23.0. The van der Waals surface area contributed by atoms with Crippen molar-refractivity contribution in [2.24, 2.45) is 16.8 Å². The van der Waals surface area contributed by atoms with Gasteiger partial charge < -0.3 is 15.5 Å². The minimum absolute atomic E-state index is 0. The number of aliphatic imine (C=N–C) groups is 1.